The number of hydrogen-bond donors (Lipinski definition) is 2. The average molecular weight is 319 g/mol. The van der Waals surface area contributed by atoms with E-state index in [1.807, 2.05) is 0 Å². The Kier molecular flexibility index (Phi) is 4.51. The highest BCUT2D eigenvalue weighted by atomic mass is 35.5. The maximum atomic E-state index is 13.3. The van der Waals surface area contributed by atoms with Gasteiger partial charge in [-0.05, 0) is 41.5 Å². The third-order valence-corrected chi connectivity index (χ3v) is 3.33. The number of halogens is 5. The Bertz CT molecular complexity index is 643. The zero-order valence-corrected chi connectivity index (χ0v) is 11.3. The largest absolute Gasteiger partial charge is 0.416 e. The van der Waals surface area contributed by atoms with Crippen molar-refractivity contribution < 1.29 is 17.6 Å². The summed E-state index contributed by atoms with van der Waals surface area (Å²) in [5, 5.41) is 0.205. The lowest BCUT2D eigenvalue weighted by Crippen LogP contribution is -2.29. The molecule has 0 radical (unpaired) electrons. The van der Waals surface area contributed by atoms with E-state index in [1.54, 1.807) is 0 Å². The van der Waals surface area contributed by atoms with E-state index >= 15 is 0 Å². The van der Waals surface area contributed by atoms with Crippen molar-refractivity contribution in [1.82, 2.24) is 5.43 Å². The first-order chi connectivity index (χ1) is 9.82. The van der Waals surface area contributed by atoms with Gasteiger partial charge in [0.15, 0.2) is 0 Å². The van der Waals surface area contributed by atoms with Crippen molar-refractivity contribution in [2.24, 2.45) is 5.84 Å². The minimum Gasteiger partial charge on any atom is -0.271 e. The monoisotopic (exact) mass is 318 g/mol. The van der Waals surface area contributed by atoms with Crippen LogP contribution in [0.4, 0.5) is 17.6 Å². The van der Waals surface area contributed by atoms with Gasteiger partial charge in [-0.25, -0.2) is 9.82 Å². The normalized spacial score (nSPS) is 13.2. The zero-order valence-electron chi connectivity index (χ0n) is 10.6. The van der Waals surface area contributed by atoms with Gasteiger partial charge in [-0.2, -0.15) is 13.2 Å². The van der Waals surface area contributed by atoms with Crippen LogP contribution in [0.5, 0.6) is 0 Å². The van der Waals surface area contributed by atoms with Crippen molar-refractivity contribution in [3.05, 3.63) is 70.0 Å². The molecular formula is C14H11ClF4N2. The summed E-state index contributed by atoms with van der Waals surface area (Å²) in [6.45, 7) is 0. The SMILES string of the molecule is NNC(c1cccc(C(F)(F)F)c1)c1cc(F)ccc1Cl. The Hall–Kier alpha value is -1.63. The van der Waals surface area contributed by atoms with Crippen molar-refractivity contribution in [2.45, 2.75) is 12.2 Å². The van der Waals surface area contributed by atoms with Crippen molar-refractivity contribution >= 4 is 11.6 Å². The van der Waals surface area contributed by atoms with E-state index in [4.69, 9.17) is 17.4 Å². The molecule has 0 fully saturated rings. The maximum absolute atomic E-state index is 13.3. The lowest BCUT2D eigenvalue weighted by atomic mass is 9.97. The number of rotatable bonds is 3. The third-order valence-electron chi connectivity index (χ3n) is 2.98. The summed E-state index contributed by atoms with van der Waals surface area (Å²) < 4.78 is 51.6. The van der Waals surface area contributed by atoms with Crippen LogP contribution in [-0.2, 0) is 6.18 Å². The number of benzene rings is 2. The van der Waals surface area contributed by atoms with Gasteiger partial charge in [-0.15, -0.1) is 0 Å². The van der Waals surface area contributed by atoms with E-state index in [0.717, 1.165) is 24.3 Å². The summed E-state index contributed by atoms with van der Waals surface area (Å²) >= 11 is 5.96. The van der Waals surface area contributed by atoms with Gasteiger partial charge in [-0.3, -0.25) is 5.84 Å². The molecule has 0 aliphatic rings. The van der Waals surface area contributed by atoms with Gasteiger partial charge in [0.25, 0.3) is 0 Å². The van der Waals surface area contributed by atoms with Crippen molar-refractivity contribution in [2.75, 3.05) is 0 Å². The second-order valence-corrected chi connectivity index (χ2v) is 4.80. The fraction of sp³-hybridized carbons (Fsp3) is 0.143. The van der Waals surface area contributed by atoms with Crippen LogP contribution in [0.2, 0.25) is 5.02 Å². The second kappa shape index (κ2) is 6.01. The molecule has 0 aromatic heterocycles. The van der Waals surface area contributed by atoms with Gasteiger partial charge < -0.3 is 0 Å². The quantitative estimate of drug-likeness (QED) is 0.509. The summed E-state index contributed by atoms with van der Waals surface area (Å²) in [6.07, 6.45) is -4.47. The summed E-state index contributed by atoms with van der Waals surface area (Å²) in [4.78, 5) is 0. The van der Waals surface area contributed by atoms with Crippen LogP contribution in [0, 0.1) is 5.82 Å². The number of alkyl halides is 3. The Balaban J connectivity index is 2.49. The predicted molar refractivity (Wildman–Crippen MR) is 72.0 cm³/mol. The van der Waals surface area contributed by atoms with Crippen molar-refractivity contribution in [3.63, 3.8) is 0 Å². The molecule has 2 aromatic carbocycles. The minimum atomic E-state index is -4.47. The van der Waals surface area contributed by atoms with E-state index < -0.39 is 23.6 Å². The van der Waals surface area contributed by atoms with Gasteiger partial charge in [0, 0.05) is 5.02 Å². The first kappa shape index (κ1) is 15.8. The number of nitrogens with two attached hydrogens (primary N) is 1. The van der Waals surface area contributed by atoms with E-state index in [1.165, 1.54) is 18.2 Å². The van der Waals surface area contributed by atoms with Gasteiger partial charge in [-0.1, -0.05) is 23.7 Å². The molecule has 0 saturated carbocycles. The molecule has 2 rings (SSSR count). The van der Waals surface area contributed by atoms with E-state index in [2.05, 4.69) is 5.43 Å². The highest BCUT2D eigenvalue weighted by molar-refractivity contribution is 6.31. The van der Waals surface area contributed by atoms with Gasteiger partial charge in [0.2, 0.25) is 0 Å². The molecule has 1 unspecified atom stereocenters. The van der Waals surface area contributed by atoms with E-state index in [9.17, 15) is 17.6 Å². The molecule has 112 valence electrons. The fourth-order valence-electron chi connectivity index (χ4n) is 2.00. The zero-order chi connectivity index (χ0) is 15.6. The lowest BCUT2D eigenvalue weighted by molar-refractivity contribution is -0.137. The first-order valence-corrected chi connectivity index (χ1v) is 6.29. The molecule has 0 aliphatic carbocycles. The van der Waals surface area contributed by atoms with Gasteiger partial charge in [0.1, 0.15) is 5.82 Å². The van der Waals surface area contributed by atoms with Crippen LogP contribution >= 0.6 is 11.6 Å². The molecule has 2 aromatic rings. The van der Waals surface area contributed by atoms with E-state index in [-0.39, 0.29) is 16.1 Å². The highest BCUT2D eigenvalue weighted by Crippen LogP contribution is 2.33. The predicted octanol–water partition coefficient (Wildman–Crippen LogP) is 4.05. The molecule has 21 heavy (non-hydrogen) atoms. The van der Waals surface area contributed by atoms with Gasteiger partial charge >= 0.3 is 6.18 Å². The van der Waals surface area contributed by atoms with Crippen LogP contribution in [-0.4, -0.2) is 0 Å². The van der Waals surface area contributed by atoms with Crippen LogP contribution in [0.25, 0.3) is 0 Å². The first-order valence-electron chi connectivity index (χ1n) is 5.91. The van der Waals surface area contributed by atoms with Crippen LogP contribution < -0.4 is 11.3 Å². The van der Waals surface area contributed by atoms with E-state index in [0.29, 0.717) is 0 Å². The number of hydrazine groups is 1. The Morgan fingerprint density at radius 3 is 2.43 bits per heavy atom. The molecule has 0 spiro atoms. The second-order valence-electron chi connectivity index (χ2n) is 4.39. The smallest absolute Gasteiger partial charge is 0.271 e. The van der Waals surface area contributed by atoms with Gasteiger partial charge in [0.05, 0.1) is 11.6 Å². The Morgan fingerprint density at radius 2 is 1.81 bits per heavy atom. The molecule has 0 bridgehead atoms. The number of nitrogens with one attached hydrogen (secondary N) is 1. The summed E-state index contributed by atoms with van der Waals surface area (Å²) in [5.74, 6) is 4.85. The fourth-order valence-corrected chi connectivity index (χ4v) is 2.22. The molecule has 0 heterocycles. The summed E-state index contributed by atoms with van der Waals surface area (Å²) in [7, 11) is 0. The standard InChI is InChI=1S/C14H11ClF4N2/c15-12-5-4-10(16)7-11(12)13(21-20)8-2-1-3-9(6-8)14(17,18)19/h1-7,13,21H,20H2. The Labute approximate surface area is 123 Å². The maximum Gasteiger partial charge on any atom is 0.416 e. The molecule has 7 heteroatoms. The molecule has 0 aliphatic heterocycles. The van der Waals surface area contributed by atoms with Crippen LogP contribution in [0.3, 0.4) is 0 Å². The number of hydrogen-bond acceptors (Lipinski definition) is 2. The van der Waals surface area contributed by atoms with Crippen LogP contribution in [0.15, 0.2) is 42.5 Å². The average Bonchev–Trinajstić information content (AvgIpc) is 2.43. The molecule has 0 amide bonds. The minimum absolute atomic E-state index is 0.205. The molecular weight excluding hydrogens is 308 g/mol. The molecule has 2 nitrogen and oxygen atoms in total. The topological polar surface area (TPSA) is 38.0 Å². The highest BCUT2D eigenvalue weighted by Gasteiger charge is 2.31. The summed E-state index contributed by atoms with van der Waals surface area (Å²) in [5.41, 5.74) is 2.05. The molecule has 0 saturated heterocycles. The molecule has 1 atom stereocenters. The molecule has 3 N–H and O–H groups in total. The summed E-state index contributed by atoms with van der Waals surface area (Å²) in [6, 6.07) is 7.38. The van der Waals surface area contributed by atoms with Crippen molar-refractivity contribution in [1.29, 1.82) is 0 Å². The third kappa shape index (κ3) is 3.53. The Morgan fingerprint density at radius 1 is 1.10 bits per heavy atom. The van der Waals surface area contributed by atoms with Crippen molar-refractivity contribution in [3.8, 4) is 0 Å². The van der Waals surface area contributed by atoms with Crippen LogP contribution in [0.1, 0.15) is 22.7 Å². The lowest BCUT2D eigenvalue weighted by Gasteiger charge is -2.19.